The second kappa shape index (κ2) is 5.65. The topological polar surface area (TPSA) is 39.1 Å². The van der Waals surface area contributed by atoms with Crippen molar-refractivity contribution >= 4 is 0 Å². The molecule has 0 aromatic carbocycles. The molecule has 1 N–H and O–H groups in total. The van der Waals surface area contributed by atoms with Crippen molar-refractivity contribution in [3.05, 3.63) is 12.4 Å². The molecule has 1 aromatic rings. The van der Waals surface area contributed by atoms with Crippen molar-refractivity contribution in [2.24, 2.45) is 7.05 Å². The van der Waals surface area contributed by atoms with Gasteiger partial charge in [0.15, 0.2) is 5.75 Å². The SMILES string of the molecule is CCC(C)NCCOc1cnn(C)c1. The third-order valence-corrected chi connectivity index (χ3v) is 2.16. The minimum atomic E-state index is 0.562. The highest BCUT2D eigenvalue weighted by Crippen LogP contribution is 2.05. The number of hydrogen-bond acceptors (Lipinski definition) is 3. The van der Waals surface area contributed by atoms with Crippen molar-refractivity contribution in [3.8, 4) is 5.75 Å². The summed E-state index contributed by atoms with van der Waals surface area (Å²) in [6.07, 6.45) is 4.74. The van der Waals surface area contributed by atoms with Crippen LogP contribution in [0.4, 0.5) is 0 Å². The fourth-order valence-corrected chi connectivity index (χ4v) is 1.09. The first-order valence-corrected chi connectivity index (χ1v) is 5.07. The molecular weight excluding hydrogens is 178 g/mol. The third kappa shape index (κ3) is 3.79. The van der Waals surface area contributed by atoms with E-state index in [4.69, 9.17) is 4.74 Å². The standard InChI is InChI=1S/C10H19N3O/c1-4-9(2)11-5-6-14-10-7-12-13(3)8-10/h7-9,11H,4-6H2,1-3H3. The summed E-state index contributed by atoms with van der Waals surface area (Å²) in [6, 6.07) is 0.562. The fraction of sp³-hybridized carbons (Fsp3) is 0.700. The Morgan fingerprint density at radius 3 is 3.00 bits per heavy atom. The summed E-state index contributed by atoms with van der Waals surface area (Å²) < 4.78 is 7.21. The number of nitrogens with one attached hydrogen (secondary N) is 1. The second-order valence-electron chi connectivity index (χ2n) is 3.46. The van der Waals surface area contributed by atoms with Crippen molar-refractivity contribution in [2.45, 2.75) is 26.3 Å². The van der Waals surface area contributed by atoms with E-state index < -0.39 is 0 Å². The molecule has 1 atom stereocenters. The van der Waals surface area contributed by atoms with Crippen LogP contribution in [0.3, 0.4) is 0 Å². The number of ether oxygens (including phenoxy) is 1. The summed E-state index contributed by atoms with van der Waals surface area (Å²) in [5.41, 5.74) is 0. The summed E-state index contributed by atoms with van der Waals surface area (Å²) in [6.45, 7) is 5.91. The van der Waals surface area contributed by atoms with Gasteiger partial charge in [0.05, 0.1) is 12.4 Å². The van der Waals surface area contributed by atoms with Crippen molar-refractivity contribution in [1.29, 1.82) is 0 Å². The van der Waals surface area contributed by atoms with Crippen LogP contribution >= 0.6 is 0 Å². The van der Waals surface area contributed by atoms with Crippen LogP contribution in [0.25, 0.3) is 0 Å². The zero-order chi connectivity index (χ0) is 10.4. The van der Waals surface area contributed by atoms with Gasteiger partial charge in [-0.3, -0.25) is 4.68 Å². The molecule has 4 heteroatoms. The average Bonchev–Trinajstić information content (AvgIpc) is 2.58. The Kier molecular flexibility index (Phi) is 4.46. The minimum Gasteiger partial charge on any atom is -0.489 e. The minimum absolute atomic E-state index is 0.562. The first-order valence-electron chi connectivity index (χ1n) is 5.07. The van der Waals surface area contributed by atoms with Crippen molar-refractivity contribution in [1.82, 2.24) is 15.1 Å². The molecule has 0 fully saturated rings. The highest BCUT2D eigenvalue weighted by molar-refractivity contribution is 5.11. The van der Waals surface area contributed by atoms with E-state index >= 15 is 0 Å². The van der Waals surface area contributed by atoms with Crippen LogP contribution in [0.1, 0.15) is 20.3 Å². The van der Waals surface area contributed by atoms with Crippen molar-refractivity contribution in [3.63, 3.8) is 0 Å². The highest BCUT2D eigenvalue weighted by atomic mass is 16.5. The Labute approximate surface area is 85.3 Å². The molecule has 80 valence electrons. The van der Waals surface area contributed by atoms with Gasteiger partial charge in [-0.25, -0.2) is 0 Å². The smallest absolute Gasteiger partial charge is 0.157 e. The number of aromatic nitrogens is 2. The first kappa shape index (κ1) is 11.0. The zero-order valence-corrected chi connectivity index (χ0v) is 9.16. The monoisotopic (exact) mass is 197 g/mol. The third-order valence-electron chi connectivity index (χ3n) is 2.16. The molecule has 1 heterocycles. The molecule has 1 rings (SSSR count). The van der Waals surface area contributed by atoms with Gasteiger partial charge in [-0.2, -0.15) is 5.10 Å². The molecule has 0 amide bonds. The Morgan fingerprint density at radius 2 is 2.43 bits per heavy atom. The Bertz CT molecular complexity index is 260. The van der Waals surface area contributed by atoms with Crippen molar-refractivity contribution in [2.75, 3.05) is 13.2 Å². The van der Waals surface area contributed by atoms with Gasteiger partial charge in [0.1, 0.15) is 6.61 Å². The molecule has 14 heavy (non-hydrogen) atoms. The highest BCUT2D eigenvalue weighted by Gasteiger charge is 1.98. The van der Waals surface area contributed by atoms with Gasteiger partial charge in [-0.15, -0.1) is 0 Å². The van der Waals surface area contributed by atoms with Gasteiger partial charge < -0.3 is 10.1 Å². The van der Waals surface area contributed by atoms with Crippen LogP contribution in [0.2, 0.25) is 0 Å². The van der Waals surface area contributed by atoms with Crippen LogP contribution in [-0.4, -0.2) is 29.0 Å². The molecule has 4 nitrogen and oxygen atoms in total. The van der Waals surface area contributed by atoms with Crippen LogP contribution < -0.4 is 10.1 Å². The molecule has 0 saturated carbocycles. The lowest BCUT2D eigenvalue weighted by Gasteiger charge is -2.10. The summed E-state index contributed by atoms with van der Waals surface area (Å²) in [5, 5.41) is 7.38. The summed E-state index contributed by atoms with van der Waals surface area (Å²) >= 11 is 0. The average molecular weight is 197 g/mol. The normalized spacial score (nSPS) is 12.8. The summed E-state index contributed by atoms with van der Waals surface area (Å²) in [4.78, 5) is 0. The molecule has 0 aliphatic carbocycles. The Morgan fingerprint density at radius 1 is 1.64 bits per heavy atom. The Balaban J connectivity index is 2.10. The molecule has 0 aliphatic rings. The van der Waals surface area contributed by atoms with E-state index in [2.05, 4.69) is 24.3 Å². The number of aryl methyl sites for hydroxylation is 1. The quantitative estimate of drug-likeness (QED) is 0.696. The largest absolute Gasteiger partial charge is 0.489 e. The van der Waals surface area contributed by atoms with Gasteiger partial charge in [0, 0.05) is 19.6 Å². The van der Waals surface area contributed by atoms with E-state index in [1.807, 2.05) is 13.2 Å². The number of hydrogen-bond donors (Lipinski definition) is 1. The van der Waals surface area contributed by atoms with Gasteiger partial charge >= 0.3 is 0 Å². The summed E-state index contributed by atoms with van der Waals surface area (Å²) in [7, 11) is 1.88. The van der Waals surface area contributed by atoms with E-state index in [1.165, 1.54) is 0 Å². The van der Waals surface area contributed by atoms with Gasteiger partial charge in [0.2, 0.25) is 0 Å². The maximum absolute atomic E-state index is 5.48. The lowest BCUT2D eigenvalue weighted by atomic mass is 10.3. The van der Waals surface area contributed by atoms with E-state index in [0.717, 1.165) is 18.7 Å². The van der Waals surface area contributed by atoms with Gasteiger partial charge in [-0.05, 0) is 13.3 Å². The molecule has 0 aliphatic heterocycles. The maximum atomic E-state index is 5.48. The van der Waals surface area contributed by atoms with E-state index in [1.54, 1.807) is 10.9 Å². The van der Waals surface area contributed by atoms with Crippen LogP contribution in [-0.2, 0) is 7.05 Å². The molecule has 0 spiro atoms. The molecule has 0 radical (unpaired) electrons. The van der Waals surface area contributed by atoms with Crippen molar-refractivity contribution < 1.29 is 4.74 Å². The zero-order valence-electron chi connectivity index (χ0n) is 9.16. The van der Waals surface area contributed by atoms with E-state index in [9.17, 15) is 0 Å². The predicted molar refractivity (Wildman–Crippen MR) is 56.5 cm³/mol. The Hall–Kier alpha value is -1.03. The van der Waals surface area contributed by atoms with Gasteiger partial charge in [0.25, 0.3) is 0 Å². The van der Waals surface area contributed by atoms with E-state index in [0.29, 0.717) is 12.6 Å². The molecule has 0 saturated heterocycles. The maximum Gasteiger partial charge on any atom is 0.157 e. The molecule has 1 unspecified atom stereocenters. The molecule has 0 bridgehead atoms. The summed E-state index contributed by atoms with van der Waals surface area (Å²) in [5.74, 6) is 0.832. The van der Waals surface area contributed by atoms with Crippen LogP contribution in [0.15, 0.2) is 12.4 Å². The number of nitrogens with zero attached hydrogens (tertiary/aromatic N) is 2. The fourth-order valence-electron chi connectivity index (χ4n) is 1.09. The van der Waals surface area contributed by atoms with E-state index in [-0.39, 0.29) is 0 Å². The number of rotatable bonds is 6. The lowest BCUT2D eigenvalue weighted by Crippen LogP contribution is -2.29. The van der Waals surface area contributed by atoms with Crippen LogP contribution in [0.5, 0.6) is 5.75 Å². The molecular formula is C10H19N3O. The van der Waals surface area contributed by atoms with Crippen LogP contribution in [0, 0.1) is 0 Å². The lowest BCUT2D eigenvalue weighted by molar-refractivity contribution is 0.306. The predicted octanol–water partition coefficient (Wildman–Crippen LogP) is 1.19. The van der Waals surface area contributed by atoms with Gasteiger partial charge in [-0.1, -0.05) is 6.92 Å². The first-order chi connectivity index (χ1) is 6.72. The second-order valence-corrected chi connectivity index (χ2v) is 3.46. The molecule has 1 aromatic heterocycles.